The Balaban J connectivity index is 1.80. The molecule has 0 spiro atoms. The van der Waals surface area contributed by atoms with Gasteiger partial charge >= 0.3 is 0 Å². The van der Waals surface area contributed by atoms with Gasteiger partial charge in [0.05, 0.1) is 6.10 Å². The Kier molecular flexibility index (Phi) is 3.33. The standard InChI is InChI=1S/C10H18N4O/c1-14-10(12-7-13-14)6-15-9-4-2-3-8(11)5-9/h7-9H,2-6,11H2,1H3. The van der Waals surface area contributed by atoms with Crippen molar-refractivity contribution in [3.8, 4) is 0 Å². The van der Waals surface area contributed by atoms with E-state index in [0.717, 1.165) is 25.1 Å². The first-order chi connectivity index (χ1) is 7.25. The van der Waals surface area contributed by atoms with Crippen LogP contribution in [0.25, 0.3) is 0 Å². The van der Waals surface area contributed by atoms with Crippen LogP contribution in [0, 0.1) is 0 Å². The molecule has 0 aromatic carbocycles. The average molecular weight is 210 g/mol. The lowest BCUT2D eigenvalue weighted by molar-refractivity contribution is 0.00778. The summed E-state index contributed by atoms with van der Waals surface area (Å²) < 4.78 is 7.51. The molecule has 2 atom stereocenters. The van der Waals surface area contributed by atoms with E-state index in [-0.39, 0.29) is 0 Å². The number of aromatic nitrogens is 3. The molecule has 2 N–H and O–H groups in total. The first kappa shape index (κ1) is 10.6. The van der Waals surface area contributed by atoms with Gasteiger partial charge in [-0.2, -0.15) is 5.10 Å². The monoisotopic (exact) mass is 210 g/mol. The summed E-state index contributed by atoms with van der Waals surface area (Å²) in [6, 6.07) is 0.309. The Labute approximate surface area is 89.6 Å². The van der Waals surface area contributed by atoms with Gasteiger partial charge in [0.1, 0.15) is 12.9 Å². The molecule has 1 saturated carbocycles. The Morgan fingerprint density at radius 3 is 3.13 bits per heavy atom. The second kappa shape index (κ2) is 4.72. The van der Waals surface area contributed by atoms with Crippen molar-refractivity contribution in [2.75, 3.05) is 0 Å². The predicted octanol–water partition coefficient (Wildman–Crippen LogP) is 0.602. The molecule has 1 aromatic rings. The fourth-order valence-electron chi connectivity index (χ4n) is 1.98. The minimum atomic E-state index is 0.297. The van der Waals surface area contributed by atoms with Crippen LogP contribution in [0.4, 0.5) is 0 Å². The third-order valence-electron chi connectivity index (χ3n) is 2.92. The lowest BCUT2D eigenvalue weighted by atomic mass is 9.94. The Morgan fingerprint density at radius 2 is 2.47 bits per heavy atom. The van der Waals surface area contributed by atoms with Crippen molar-refractivity contribution >= 4 is 0 Å². The van der Waals surface area contributed by atoms with Gasteiger partial charge in [0.2, 0.25) is 0 Å². The molecule has 0 amide bonds. The van der Waals surface area contributed by atoms with Gasteiger partial charge in [-0.3, -0.25) is 4.68 Å². The normalized spacial score (nSPS) is 26.8. The number of ether oxygens (including phenoxy) is 1. The quantitative estimate of drug-likeness (QED) is 0.793. The Hall–Kier alpha value is -0.940. The van der Waals surface area contributed by atoms with E-state index in [1.54, 1.807) is 11.0 Å². The lowest BCUT2D eigenvalue weighted by Crippen LogP contribution is -2.32. The molecule has 0 saturated heterocycles. The van der Waals surface area contributed by atoms with Crippen LogP contribution in [0.5, 0.6) is 0 Å². The molecular formula is C10H18N4O. The van der Waals surface area contributed by atoms with Gasteiger partial charge in [-0.05, 0) is 25.7 Å². The third-order valence-corrected chi connectivity index (χ3v) is 2.92. The van der Waals surface area contributed by atoms with Crippen molar-refractivity contribution < 1.29 is 4.74 Å². The van der Waals surface area contributed by atoms with Gasteiger partial charge in [0, 0.05) is 13.1 Å². The summed E-state index contributed by atoms with van der Waals surface area (Å²) in [5.74, 6) is 0.870. The molecular weight excluding hydrogens is 192 g/mol. The number of aryl methyl sites for hydroxylation is 1. The fourth-order valence-corrected chi connectivity index (χ4v) is 1.98. The van der Waals surface area contributed by atoms with Crippen LogP contribution >= 0.6 is 0 Å². The molecule has 1 aromatic heterocycles. The van der Waals surface area contributed by atoms with Crippen molar-refractivity contribution in [2.45, 2.75) is 44.4 Å². The zero-order chi connectivity index (χ0) is 10.7. The van der Waals surface area contributed by atoms with E-state index < -0.39 is 0 Å². The molecule has 15 heavy (non-hydrogen) atoms. The van der Waals surface area contributed by atoms with Gasteiger partial charge in [-0.1, -0.05) is 0 Å². The Bertz CT molecular complexity index is 312. The molecule has 2 unspecified atom stereocenters. The van der Waals surface area contributed by atoms with Gasteiger partial charge in [0.15, 0.2) is 5.82 Å². The second-order valence-electron chi connectivity index (χ2n) is 4.16. The minimum absolute atomic E-state index is 0.297. The molecule has 84 valence electrons. The van der Waals surface area contributed by atoms with E-state index in [1.165, 1.54) is 6.42 Å². The molecule has 1 aliphatic rings. The highest BCUT2D eigenvalue weighted by molar-refractivity contribution is 4.81. The number of hydrogen-bond acceptors (Lipinski definition) is 4. The van der Waals surface area contributed by atoms with E-state index in [1.807, 2.05) is 7.05 Å². The van der Waals surface area contributed by atoms with Crippen molar-refractivity contribution in [1.29, 1.82) is 0 Å². The number of hydrogen-bond donors (Lipinski definition) is 1. The van der Waals surface area contributed by atoms with Crippen molar-refractivity contribution in [2.24, 2.45) is 12.8 Å². The van der Waals surface area contributed by atoms with Crippen LogP contribution in [0.2, 0.25) is 0 Å². The van der Waals surface area contributed by atoms with Crippen LogP contribution in [0.1, 0.15) is 31.5 Å². The molecule has 5 heteroatoms. The van der Waals surface area contributed by atoms with Gasteiger partial charge in [0.25, 0.3) is 0 Å². The summed E-state index contributed by atoms with van der Waals surface area (Å²) >= 11 is 0. The van der Waals surface area contributed by atoms with Crippen LogP contribution in [0.15, 0.2) is 6.33 Å². The van der Waals surface area contributed by atoms with Crippen molar-refractivity contribution in [1.82, 2.24) is 14.8 Å². The van der Waals surface area contributed by atoms with Crippen LogP contribution in [-0.4, -0.2) is 26.9 Å². The summed E-state index contributed by atoms with van der Waals surface area (Å²) in [4.78, 5) is 4.11. The lowest BCUT2D eigenvalue weighted by Gasteiger charge is -2.26. The maximum atomic E-state index is 5.89. The largest absolute Gasteiger partial charge is 0.370 e. The summed E-state index contributed by atoms with van der Waals surface area (Å²) in [6.07, 6.45) is 6.23. The highest BCUT2D eigenvalue weighted by Gasteiger charge is 2.20. The molecule has 1 heterocycles. The molecule has 2 rings (SSSR count). The fraction of sp³-hybridized carbons (Fsp3) is 0.800. The number of rotatable bonds is 3. The number of nitrogens with two attached hydrogens (primary N) is 1. The van der Waals surface area contributed by atoms with Crippen molar-refractivity contribution in [3.05, 3.63) is 12.2 Å². The van der Waals surface area contributed by atoms with Gasteiger partial charge in [-0.15, -0.1) is 0 Å². The van der Waals surface area contributed by atoms with E-state index >= 15 is 0 Å². The second-order valence-corrected chi connectivity index (χ2v) is 4.16. The zero-order valence-electron chi connectivity index (χ0n) is 9.09. The van der Waals surface area contributed by atoms with Crippen LogP contribution in [0.3, 0.4) is 0 Å². The first-order valence-electron chi connectivity index (χ1n) is 5.46. The molecule has 5 nitrogen and oxygen atoms in total. The third kappa shape index (κ3) is 2.76. The van der Waals surface area contributed by atoms with Crippen LogP contribution in [-0.2, 0) is 18.4 Å². The maximum absolute atomic E-state index is 5.89. The van der Waals surface area contributed by atoms with Crippen molar-refractivity contribution in [3.63, 3.8) is 0 Å². The van der Waals surface area contributed by atoms with E-state index in [0.29, 0.717) is 18.8 Å². The summed E-state index contributed by atoms with van der Waals surface area (Å²) in [7, 11) is 1.87. The predicted molar refractivity (Wildman–Crippen MR) is 56.0 cm³/mol. The highest BCUT2D eigenvalue weighted by Crippen LogP contribution is 2.20. The molecule has 1 fully saturated rings. The SMILES string of the molecule is Cn1ncnc1COC1CCCC(N)C1. The van der Waals surface area contributed by atoms with Gasteiger partial charge in [-0.25, -0.2) is 4.98 Å². The molecule has 0 bridgehead atoms. The summed E-state index contributed by atoms with van der Waals surface area (Å²) in [6.45, 7) is 0.536. The smallest absolute Gasteiger partial charge is 0.152 e. The molecule has 0 radical (unpaired) electrons. The highest BCUT2D eigenvalue weighted by atomic mass is 16.5. The minimum Gasteiger partial charge on any atom is -0.370 e. The topological polar surface area (TPSA) is 66.0 Å². The van der Waals surface area contributed by atoms with Crippen LogP contribution < -0.4 is 5.73 Å². The first-order valence-corrected chi connectivity index (χ1v) is 5.46. The summed E-state index contributed by atoms with van der Waals surface area (Å²) in [5, 5.41) is 4.00. The summed E-state index contributed by atoms with van der Waals surface area (Å²) in [5.41, 5.74) is 5.89. The van der Waals surface area contributed by atoms with E-state index in [4.69, 9.17) is 10.5 Å². The maximum Gasteiger partial charge on any atom is 0.152 e. The molecule has 0 aliphatic heterocycles. The number of nitrogens with zero attached hydrogens (tertiary/aromatic N) is 3. The zero-order valence-corrected chi connectivity index (χ0v) is 9.09. The van der Waals surface area contributed by atoms with Gasteiger partial charge < -0.3 is 10.5 Å². The Morgan fingerprint density at radius 1 is 1.60 bits per heavy atom. The van der Waals surface area contributed by atoms with E-state index in [9.17, 15) is 0 Å². The molecule has 1 aliphatic carbocycles. The average Bonchev–Trinajstić information content (AvgIpc) is 2.61. The van der Waals surface area contributed by atoms with E-state index in [2.05, 4.69) is 10.1 Å².